The fourth-order valence-electron chi connectivity index (χ4n) is 9.22. The minimum absolute atomic E-state index is 0.0790. The van der Waals surface area contributed by atoms with Crippen molar-refractivity contribution in [2.75, 3.05) is 26.4 Å². The van der Waals surface area contributed by atoms with Crippen molar-refractivity contribution >= 4 is 22.3 Å². The number of rotatable bonds is 14. The molecule has 2 aliphatic rings. The largest absolute Gasteiger partial charge is 0.534 e. The molecule has 0 amide bonds. The Labute approximate surface area is 384 Å². The zero-order valence-corrected chi connectivity index (χ0v) is 40.0. The summed E-state index contributed by atoms with van der Waals surface area (Å²) in [4.78, 5) is 0. The third kappa shape index (κ3) is 11.7. The summed E-state index contributed by atoms with van der Waals surface area (Å²) in [5.41, 5.74) is 2.37. The summed E-state index contributed by atoms with van der Waals surface area (Å²) in [6.45, 7) is 18.4. The number of phenols is 1. The van der Waals surface area contributed by atoms with Crippen LogP contribution in [0.1, 0.15) is 135 Å². The molecule has 0 unspecified atom stereocenters. The van der Waals surface area contributed by atoms with E-state index in [1.165, 1.54) is 29.7 Å². The lowest BCUT2D eigenvalue weighted by molar-refractivity contribution is -0.0500. The first kappa shape index (κ1) is 51.5. The molecule has 4 aromatic rings. The summed E-state index contributed by atoms with van der Waals surface area (Å²) < 4.78 is 76.3. The van der Waals surface area contributed by atoms with Crippen LogP contribution in [0.15, 0.2) is 84.9 Å². The van der Waals surface area contributed by atoms with Crippen LogP contribution < -0.4 is 4.18 Å². The van der Waals surface area contributed by atoms with Crippen molar-refractivity contribution in [1.82, 2.24) is 0 Å². The molecule has 0 aromatic heterocycles. The van der Waals surface area contributed by atoms with Crippen LogP contribution in [-0.4, -0.2) is 66.9 Å². The van der Waals surface area contributed by atoms with E-state index < -0.39 is 32.2 Å². The Kier molecular flexibility index (Phi) is 16.7. The molecule has 3 N–H and O–H groups in total. The highest BCUT2D eigenvalue weighted by Crippen LogP contribution is 2.43. The van der Waals surface area contributed by atoms with Gasteiger partial charge in [0.15, 0.2) is 0 Å². The summed E-state index contributed by atoms with van der Waals surface area (Å²) in [6.07, 6.45) is 13.6. The summed E-state index contributed by atoms with van der Waals surface area (Å²) in [6, 6.07) is 23.4. The smallest absolute Gasteiger partial charge is 0.508 e. The zero-order valence-electron chi connectivity index (χ0n) is 39.1. The molecule has 12 heteroatoms. The molecule has 2 saturated heterocycles. The number of aliphatic hydroxyl groups is 2. The van der Waals surface area contributed by atoms with E-state index in [9.17, 15) is 36.9 Å². The number of alkyl halides is 3. The number of halogens is 3. The summed E-state index contributed by atoms with van der Waals surface area (Å²) in [5.74, 6) is -0.00235. The number of hydrogen-bond donors (Lipinski definition) is 3. The minimum atomic E-state index is -5.74. The normalized spacial score (nSPS) is 16.9. The Balaban J connectivity index is 0.000000250. The Morgan fingerprint density at radius 2 is 0.938 bits per heavy atom. The van der Waals surface area contributed by atoms with E-state index in [1.807, 2.05) is 64.1 Å². The Morgan fingerprint density at radius 3 is 1.28 bits per heavy atom. The Morgan fingerprint density at radius 1 is 0.585 bits per heavy atom. The van der Waals surface area contributed by atoms with Gasteiger partial charge in [0.05, 0.1) is 11.2 Å². The molecule has 2 aliphatic heterocycles. The minimum Gasteiger partial charge on any atom is -0.508 e. The average Bonchev–Trinajstić information content (AvgIpc) is 3.26. The van der Waals surface area contributed by atoms with Crippen LogP contribution >= 0.6 is 0 Å². The van der Waals surface area contributed by atoms with E-state index in [0.717, 1.165) is 59.1 Å². The average molecular weight is 921 g/mol. The Hall–Kier alpha value is -4.46. The van der Waals surface area contributed by atoms with Crippen molar-refractivity contribution in [3.8, 4) is 11.5 Å². The maximum atomic E-state index is 12.8. The first-order chi connectivity index (χ1) is 30.6. The van der Waals surface area contributed by atoms with Gasteiger partial charge in [-0.05, 0) is 121 Å². The topological polar surface area (TPSA) is 123 Å². The maximum Gasteiger partial charge on any atom is 0.534 e. The predicted octanol–water partition coefficient (Wildman–Crippen LogP) is 11.9. The number of aromatic hydroxyl groups is 1. The van der Waals surface area contributed by atoms with E-state index in [1.54, 1.807) is 12.1 Å². The van der Waals surface area contributed by atoms with Crippen molar-refractivity contribution in [3.63, 3.8) is 0 Å². The molecular weight excluding hydrogens is 854 g/mol. The fourth-order valence-corrected chi connectivity index (χ4v) is 9.74. The molecule has 354 valence electrons. The zero-order chi connectivity index (χ0) is 47.8. The van der Waals surface area contributed by atoms with Gasteiger partial charge in [0.25, 0.3) is 0 Å². The molecule has 2 heterocycles. The molecule has 65 heavy (non-hydrogen) atoms. The summed E-state index contributed by atoms with van der Waals surface area (Å²) in [5, 5.41) is 31.4. The molecule has 0 bridgehead atoms. The van der Waals surface area contributed by atoms with Crippen LogP contribution in [0.4, 0.5) is 13.2 Å². The number of ether oxygens (including phenoxy) is 2. The number of phenolic OH excluding ortho intramolecular Hbond substituents is 1. The summed E-state index contributed by atoms with van der Waals surface area (Å²) >= 11 is 0. The monoisotopic (exact) mass is 920 g/mol. The van der Waals surface area contributed by atoms with Gasteiger partial charge in [-0.25, -0.2) is 0 Å². The van der Waals surface area contributed by atoms with Crippen LogP contribution in [0.3, 0.4) is 0 Å². The molecule has 0 radical (unpaired) electrons. The highest BCUT2D eigenvalue weighted by Gasteiger charge is 2.49. The maximum absolute atomic E-state index is 12.8. The van der Waals surface area contributed by atoms with Crippen molar-refractivity contribution in [3.05, 3.63) is 141 Å². The van der Waals surface area contributed by atoms with Crippen molar-refractivity contribution in [2.24, 2.45) is 0 Å². The van der Waals surface area contributed by atoms with Crippen molar-refractivity contribution in [2.45, 2.75) is 134 Å². The van der Waals surface area contributed by atoms with Gasteiger partial charge >= 0.3 is 15.6 Å². The molecule has 0 atom stereocenters. The van der Waals surface area contributed by atoms with Crippen LogP contribution in [0, 0.1) is 27.7 Å². The molecule has 2 fully saturated rings. The lowest BCUT2D eigenvalue weighted by atomic mass is 9.70. The summed E-state index contributed by atoms with van der Waals surface area (Å²) in [7, 11) is -5.74. The van der Waals surface area contributed by atoms with Crippen LogP contribution in [-0.2, 0) is 30.4 Å². The SMILES string of the molecule is CCC(CC)(c1ccc(/C=C/C2(O)CCOCC2)c(C)c1)c1ccc(OS(=O)(=O)C(F)(F)F)c(C)c1.CCC(CC)(c1ccc(O)c(C)c1)c1ccc(/C=C/C2(O)CCOCC2)c(C)c1. The number of hydrogen-bond acceptors (Lipinski definition) is 8. The van der Waals surface area contributed by atoms with Crippen LogP contribution in [0.2, 0.25) is 0 Å². The van der Waals surface area contributed by atoms with E-state index in [2.05, 4.69) is 67.4 Å². The fraction of sp³-hybridized carbons (Fsp3) is 0.472. The molecule has 6 rings (SSSR count). The second kappa shape index (κ2) is 21.0. The van der Waals surface area contributed by atoms with Gasteiger partial charge in [-0.3, -0.25) is 0 Å². The molecule has 0 saturated carbocycles. The van der Waals surface area contributed by atoms with Crippen molar-refractivity contribution < 1.29 is 50.6 Å². The molecular formula is C53H67F3O8S. The number of benzene rings is 4. The van der Waals surface area contributed by atoms with E-state index in [4.69, 9.17) is 9.47 Å². The van der Waals surface area contributed by atoms with E-state index >= 15 is 0 Å². The van der Waals surface area contributed by atoms with Gasteiger partial charge in [-0.2, -0.15) is 21.6 Å². The predicted molar refractivity (Wildman–Crippen MR) is 253 cm³/mol. The molecule has 0 spiro atoms. The van der Waals surface area contributed by atoms with Gasteiger partial charge in [-0.15, -0.1) is 0 Å². The van der Waals surface area contributed by atoms with Gasteiger partial charge < -0.3 is 29.0 Å². The first-order valence-corrected chi connectivity index (χ1v) is 24.1. The third-order valence-electron chi connectivity index (χ3n) is 13.9. The molecule has 4 aromatic carbocycles. The van der Waals surface area contributed by atoms with Gasteiger partial charge in [0.1, 0.15) is 11.5 Å². The van der Waals surface area contributed by atoms with Gasteiger partial charge in [0, 0.05) is 62.9 Å². The first-order valence-electron chi connectivity index (χ1n) is 22.7. The van der Waals surface area contributed by atoms with Crippen LogP contribution in [0.5, 0.6) is 11.5 Å². The van der Waals surface area contributed by atoms with Gasteiger partial charge in [0.2, 0.25) is 0 Å². The highest BCUT2D eigenvalue weighted by molar-refractivity contribution is 7.88. The quantitative estimate of drug-likeness (QED) is 0.0844. The molecule has 8 nitrogen and oxygen atoms in total. The second-order valence-electron chi connectivity index (χ2n) is 17.8. The van der Waals surface area contributed by atoms with E-state index in [-0.39, 0.29) is 11.2 Å². The van der Waals surface area contributed by atoms with Crippen LogP contribution in [0.25, 0.3) is 12.2 Å². The van der Waals surface area contributed by atoms with Crippen molar-refractivity contribution in [1.29, 1.82) is 0 Å². The third-order valence-corrected chi connectivity index (χ3v) is 14.8. The molecule has 0 aliphatic carbocycles. The Bertz CT molecular complexity index is 2420. The second-order valence-corrected chi connectivity index (χ2v) is 19.3. The van der Waals surface area contributed by atoms with E-state index in [0.29, 0.717) is 63.4 Å². The highest BCUT2D eigenvalue weighted by atomic mass is 32.2. The lowest BCUT2D eigenvalue weighted by Crippen LogP contribution is -2.33. The number of aryl methyl sites for hydroxylation is 4. The lowest BCUT2D eigenvalue weighted by Gasteiger charge is -2.34. The van der Waals surface area contributed by atoms with Gasteiger partial charge in [-0.1, -0.05) is 113 Å². The standard InChI is InChI=1S/C27H33F3O5S.C26H34O3/c1-5-26(6-2,23-9-10-24(20(4)18-23)35-36(32,33)27(28,29)30)22-8-7-21(19(3)17-22)11-12-25(31)13-15-34-16-14-25;1-5-26(6-2,23-9-10-24(27)20(4)18-23)22-8-7-21(19(3)17-22)11-12-25(28)13-15-29-16-14-25/h7-12,17-18,31H,5-6,13-16H2,1-4H3;7-12,17-18,27-28H,5-6,13-16H2,1-4H3/b2*12-11+.